The number of hydrogen-bond donors (Lipinski definition) is 0. The average Bonchev–Trinajstić information content (AvgIpc) is 2.96. The van der Waals surface area contributed by atoms with Crippen molar-refractivity contribution >= 4 is 17.5 Å². The first-order chi connectivity index (χ1) is 6.07. The Balaban J connectivity index is 2.44. The zero-order chi connectivity index (χ0) is 10.0. The van der Waals surface area contributed by atoms with Crippen molar-refractivity contribution in [3.8, 4) is 0 Å². The Kier molecular flexibility index (Phi) is 3.60. The lowest BCUT2D eigenvalue weighted by Gasteiger charge is -2.26. The summed E-state index contributed by atoms with van der Waals surface area (Å²) in [5, 5.41) is 0. The van der Waals surface area contributed by atoms with Gasteiger partial charge in [0.05, 0.1) is 0 Å². The molecule has 2 unspecified atom stereocenters. The van der Waals surface area contributed by atoms with Gasteiger partial charge in [0, 0.05) is 24.9 Å². The molecule has 1 rings (SSSR count). The van der Waals surface area contributed by atoms with Crippen molar-refractivity contribution in [2.75, 3.05) is 12.9 Å². The predicted molar refractivity (Wildman–Crippen MR) is 54.8 cm³/mol. The zero-order valence-electron chi connectivity index (χ0n) is 8.59. The van der Waals surface area contributed by atoms with Crippen LogP contribution in [-0.2, 0) is 4.79 Å². The Bertz CT molecular complexity index is 191. The van der Waals surface area contributed by atoms with Crippen LogP contribution < -0.4 is 0 Å². The second-order valence-corrected chi connectivity index (χ2v) is 4.39. The van der Waals surface area contributed by atoms with E-state index in [1.807, 2.05) is 20.9 Å². The molecule has 0 aromatic rings. The van der Waals surface area contributed by atoms with Crippen LogP contribution in [-0.4, -0.2) is 29.8 Å². The van der Waals surface area contributed by atoms with Crippen molar-refractivity contribution in [1.29, 1.82) is 0 Å². The van der Waals surface area contributed by atoms with E-state index >= 15 is 0 Å². The summed E-state index contributed by atoms with van der Waals surface area (Å²) in [6, 6.07) is 0.148. The van der Waals surface area contributed by atoms with Crippen LogP contribution in [0.15, 0.2) is 0 Å². The molecule has 0 aromatic carbocycles. The maximum atomic E-state index is 11.8. The summed E-state index contributed by atoms with van der Waals surface area (Å²) in [6.07, 6.45) is 2.44. The van der Waals surface area contributed by atoms with Gasteiger partial charge >= 0.3 is 0 Å². The summed E-state index contributed by atoms with van der Waals surface area (Å²) in [7, 11) is 1.84. The van der Waals surface area contributed by atoms with Crippen LogP contribution in [0.1, 0.15) is 26.7 Å². The van der Waals surface area contributed by atoms with Gasteiger partial charge in [0.2, 0.25) is 5.91 Å². The number of hydrogen-bond acceptors (Lipinski definition) is 1. The van der Waals surface area contributed by atoms with Crippen molar-refractivity contribution in [2.24, 2.45) is 11.8 Å². The molecular formula is C10H18ClNO. The molecule has 0 aromatic heterocycles. The first kappa shape index (κ1) is 10.8. The lowest BCUT2D eigenvalue weighted by Crippen LogP contribution is -2.39. The minimum Gasteiger partial charge on any atom is -0.342 e. The van der Waals surface area contributed by atoms with E-state index in [4.69, 9.17) is 11.6 Å². The van der Waals surface area contributed by atoms with E-state index in [1.165, 1.54) is 12.8 Å². The van der Waals surface area contributed by atoms with Gasteiger partial charge in [0.25, 0.3) is 0 Å². The second-order valence-electron chi connectivity index (χ2n) is 4.08. The fraction of sp³-hybridized carbons (Fsp3) is 0.900. The third kappa shape index (κ3) is 2.60. The normalized spacial score (nSPS) is 20.9. The van der Waals surface area contributed by atoms with Crippen molar-refractivity contribution in [3.63, 3.8) is 0 Å². The van der Waals surface area contributed by atoms with Gasteiger partial charge in [0.15, 0.2) is 0 Å². The highest BCUT2D eigenvalue weighted by atomic mass is 35.5. The Labute approximate surface area is 85.2 Å². The minimum atomic E-state index is 0.148. The molecular weight excluding hydrogens is 186 g/mol. The predicted octanol–water partition coefficient (Wildman–Crippen LogP) is 2.12. The standard InChI is InChI=1S/C10H18ClNO/c1-7(6-11)12(3)10(13)8(2)9-4-5-9/h7-9H,4-6H2,1-3H3. The van der Waals surface area contributed by atoms with Crippen molar-refractivity contribution in [3.05, 3.63) is 0 Å². The molecule has 0 aliphatic heterocycles. The number of carbonyl (C=O) groups excluding carboxylic acids is 1. The Morgan fingerprint density at radius 1 is 1.54 bits per heavy atom. The molecule has 76 valence electrons. The van der Waals surface area contributed by atoms with Gasteiger partial charge in [-0.15, -0.1) is 11.6 Å². The van der Waals surface area contributed by atoms with Crippen LogP contribution in [0.5, 0.6) is 0 Å². The molecule has 0 saturated heterocycles. The molecule has 0 N–H and O–H groups in total. The monoisotopic (exact) mass is 203 g/mol. The van der Waals surface area contributed by atoms with E-state index < -0.39 is 0 Å². The van der Waals surface area contributed by atoms with E-state index in [1.54, 1.807) is 4.90 Å². The Hall–Kier alpha value is -0.240. The molecule has 3 heteroatoms. The molecule has 0 bridgehead atoms. The van der Waals surface area contributed by atoms with Crippen LogP contribution in [0.3, 0.4) is 0 Å². The molecule has 1 amide bonds. The van der Waals surface area contributed by atoms with Gasteiger partial charge < -0.3 is 4.90 Å². The Morgan fingerprint density at radius 2 is 2.08 bits per heavy atom. The van der Waals surface area contributed by atoms with Crippen LogP contribution in [0.4, 0.5) is 0 Å². The van der Waals surface area contributed by atoms with E-state index in [0.717, 1.165) is 0 Å². The van der Waals surface area contributed by atoms with Gasteiger partial charge in [-0.25, -0.2) is 0 Å². The highest BCUT2D eigenvalue weighted by Crippen LogP contribution is 2.37. The van der Waals surface area contributed by atoms with Crippen LogP contribution >= 0.6 is 11.6 Å². The quantitative estimate of drug-likeness (QED) is 0.641. The van der Waals surface area contributed by atoms with Crippen LogP contribution in [0.25, 0.3) is 0 Å². The highest BCUT2D eigenvalue weighted by Gasteiger charge is 2.34. The molecule has 0 heterocycles. The van der Waals surface area contributed by atoms with Gasteiger partial charge in [-0.1, -0.05) is 6.92 Å². The molecule has 1 aliphatic rings. The van der Waals surface area contributed by atoms with Gasteiger partial charge in [-0.05, 0) is 25.7 Å². The maximum absolute atomic E-state index is 11.8. The van der Waals surface area contributed by atoms with E-state index in [2.05, 4.69) is 0 Å². The number of alkyl halides is 1. The summed E-state index contributed by atoms with van der Waals surface area (Å²) in [5.41, 5.74) is 0. The summed E-state index contributed by atoms with van der Waals surface area (Å²) in [4.78, 5) is 13.6. The van der Waals surface area contributed by atoms with Gasteiger partial charge in [-0.3, -0.25) is 4.79 Å². The third-order valence-electron chi connectivity index (χ3n) is 2.95. The summed E-state index contributed by atoms with van der Waals surface area (Å²) < 4.78 is 0. The summed E-state index contributed by atoms with van der Waals surface area (Å²) in [6.45, 7) is 4.00. The first-order valence-corrected chi connectivity index (χ1v) is 5.44. The van der Waals surface area contributed by atoms with E-state index in [-0.39, 0.29) is 17.9 Å². The second kappa shape index (κ2) is 4.32. The highest BCUT2D eigenvalue weighted by molar-refractivity contribution is 6.18. The number of amides is 1. The van der Waals surface area contributed by atoms with Crippen molar-refractivity contribution in [2.45, 2.75) is 32.7 Å². The van der Waals surface area contributed by atoms with Gasteiger partial charge in [0.1, 0.15) is 0 Å². The number of halogens is 1. The molecule has 1 saturated carbocycles. The Morgan fingerprint density at radius 3 is 2.46 bits per heavy atom. The lowest BCUT2D eigenvalue weighted by atomic mass is 10.0. The van der Waals surface area contributed by atoms with E-state index in [0.29, 0.717) is 11.8 Å². The number of carbonyl (C=O) groups is 1. The van der Waals surface area contributed by atoms with Crippen LogP contribution in [0, 0.1) is 11.8 Å². The average molecular weight is 204 g/mol. The van der Waals surface area contributed by atoms with Gasteiger partial charge in [-0.2, -0.15) is 0 Å². The zero-order valence-corrected chi connectivity index (χ0v) is 9.34. The topological polar surface area (TPSA) is 20.3 Å². The van der Waals surface area contributed by atoms with E-state index in [9.17, 15) is 4.79 Å². The molecule has 0 spiro atoms. The number of nitrogens with zero attached hydrogens (tertiary/aromatic N) is 1. The van der Waals surface area contributed by atoms with Crippen molar-refractivity contribution in [1.82, 2.24) is 4.90 Å². The van der Waals surface area contributed by atoms with Crippen LogP contribution in [0.2, 0.25) is 0 Å². The SMILES string of the molecule is CC(C(=O)N(C)C(C)CCl)C1CC1. The molecule has 13 heavy (non-hydrogen) atoms. The fourth-order valence-corrected chi connectivity index (χ4v) is 1.65. The smallest absolute Gasteiger partial charge is 0.225 e. The molecule has 1 aliphatic carbocycles. The summed E-state index contributed by atoms with van der Waals surface area (Å²) >= 11 is 5.70. The lowest BCUT2D eigenvalue weighted by molar-refractivity contribution is -0.135. The number of rotatable bonds is 4. The third-order valence-corrected chi connectivity index (χ3v) is 3.40. The fourth-order valence-electron chi connectivity index (χ4n) is 1.44. The molecule has 2 nitrogen and oxygen atoms in total. The summed E-state index contributed by atoms with van der Waals surface area (Å²) in [5.74, 6) is 1.59. The molecule has 0 radical (unpaired) electrons. The maximum Gasteiger partial charge on any atom is 0.225 e. The van der Waals surface area contributed by atoms with Crippen molar-refractivity contribution < 1.29 is 4.79 Å². The molecule has 2 atom stereocenters. The largest absolute Gasteiger partial charge is 0.342 e. The molecule has 1 fully saturated rings. The first-order valence-electron chi connectivity index (χ1n) is 4.90. The minimum absolute atomic E-state index is 0.148.